The lowest BCUT2D eigenvalue weighted by atomic mass is 10.2. The predicted octanol–water partition coefficient (Wildman–Crippen LogP) is 3.43. The van der Waals surface area contributed by atoms with E-state index in [2.05, 4.69) is 11.9 Å². The van der Waals surface area contributed by atoms with Crippen LogP contribution in [-0.4, -0.2) is 33.5 Å². The van der Waals surface area contributed by atoms with Gasteiger partial charge in [-0.25, -0.2) is 0 Å². The molecule has 0 bridgehead atoms. The van der Waals surface area contributed by atoms with E-state index in [4.69, 9.17) is 25.8 Å². The number of ether oxygens (including phenoxy) is 3. The van der Waals surface area contributed by atoms with Gasteiger partial charge in [-0.3, -0.25) is 0 Å². The average molecular weight is 314 g/mol. The van der Waals surface area contributed by atoms with E-state index >= 15 is 0 Å². The topological polar surface area (TPSA) is 39.7 Å². The van der Waals surface area contributed by atoms with E-state index < -0.39 is 0 Å². The first-order chi connectivity index (χ1) is 10.2. The summed E-state index contributed by atoms with van der Waals surface area (Å²) < 4.78 is 16.1. The third-order valence-corrected chi connectivity index (χ3v) is 3.09. The van der Waals surface area contributed by atoms with E-state index in [1.54, 1.807) is 13.2 Å². The van der Waals surface area contributed by atoms with Crippen molar-refractivity contribution in [3.63, 3.8) is 0 Å². The Morgan fingerprint density at radius 3 is 2.86 bits per heavy atom. The van der Waals surface area contributed by atoms with Crippen LogP contribution in [0.15, 0.2) is 24.8 Å². The van der Waals surface area contributed by atoms with Crippen LogP contribution in [0.3, 0.4) is 0 Å². The van der Waals surface area contributed by atoms with E-state index in [1.807, 2.05) is 19.1 Å². The number of nitrogens with one attached hydrogen (secondary N) is 1. The van der Waals surface area contributed by atoms with Crippen LogP contribution in [0.25, 0.3) is 0 Å². The Hall–Kier alpha value is -1.23. The summed E-state index contributed by atoms with van der Waals surface area (Å²) in [5.74, 6) is 1.19. The van der Waals surface area contributed by atoms with Gasteiger partial charge in [-0.05, 0) is 37.6 Å². The molecule has 118 valence electrons. The molecule has 21 heavy (non-hydrogen) atoms. The van der Waals surface area contributed by atoms with Gasteiger partial charge >= 0.3 is 0 Å². The molecule has 0 aliphatic carbocycles. The highest BCUT2D eigenvalue weighted by Crippen LogP contribution is 2.36. The number of rotatable bonds is 11. The highest BCUT2D eigenvalue weighted by Gasteiger charge is 2.11. The van der Waals surface area contributed by atoms with Crippen LogP contribution in [0, 0.1) is 0 Å². The highest BCUT2D eigenvalue weighted by atomic mass is 35.5. The first kappa shape index (κ1) is 17.8. The Labute approximate surface area is 132 Å². The van der Waals surface area contributed by atoms with E-state index in [-0.39, 0.29) is 0 Å². The maximum atomic E-state index is 6.24. The first-order valence-electron chi connectivity index (χ1n) is 7.11. The monoisotopic (exact) mass is 313 g/mol. The van der Waals surface area contributed by atoms with Crippen molar-refractivity contribution in [3.8, 4) is 11.5 Å². The number of methoxy groups -OCH3 is 1. The van der Waals surface area contributed by atoms with Crippen molar-refractivity contribution in [2.45, 2.75) is 19.9 Å². The third kappa shape index (κ3) is 6.38. The summed E-state index contributed by atoms with van der Waals surface area (Å²) in [4.78, 5) is 0. The van der Waals surface area contributed by atoms with E-state index in [1.165, 1.54) is 0 Å². The maximum Gasteiger partial charge on any atom is 0.180 e. The summed E-state index contributed by atoms with van der Waals surface area (Å²) in [7, 11) is 1.60. The second-order valence-electron chi connectivity index (χ2n) is 4.44. The lowest BCUT2D eigenvalue weighted by molar-refractivity contribution is 0.144. The average Bonchev–Trinajstić information content (AvgIpc) is 2.49. The van der Waals surface area contributed by atoms with Crippen molar-refractivity contribution < 1.29 is 14.2 Å². The lowest BCUT2D eigenvalue weighted by Gasteiger charge is -2.13. The zero-order valence-electron chi connectivity index (χ0n) is 12.8. The summed E-state index contributed by atoms with van der Waals surface area (Å²) in [6, 6.07) is 3.82. The van der Waals surface area contributed by atoms with Crippen molar-refractivity contribution >= 4 is 11.6 Å². The summed E-state index contributed by atoms with van der Waals surface area (Å²) in [6.45, 7) is 9.18. The molecule has 0 aromatic heterocycles. The van der Waals surface area contributed by atoms with E-state index in [0.717, 1.165) is 38.3 Å². The first-order valence-corrected chi connectivity index (χ1v) is 7.49. The van der Waals surface area contributed by atoms with Gasteiger partial charge in [0.1, 0.15) is 6.61 Å². The molecule has 0 saturated carbocycles. The molecule has 0 atom stereocenters. The zero-order valence-corrected chi connectivity index (χ0v) is 13.5. The summed E-state index contributed by atoms with van der Waals surface area (Å²) in [5.41, 5.74) is 1.05. The number of benzene rings is 1. The largest absolute Gasteiger partial charge is 0.493 e. The van der Waals surface area contributed by atoms with Gasteiger partial charge in [0.2, 0.25) is 0 Å². The second kappa shape index (κ2) is 10.5. The van der Waals surface area contributed by atoms with Crippen molar-refractivity contribution in [1.82, 2.24) is 5.32 Å². The molecular weight excluding hydrogens is 290 g/mol. The third-order valence-electron chi connectivity index (χ3n) is 2.81. The summed E-state index contributed by atoms with van der Waals surface area (Å²) in [5, 5.41) is 3.89. The molecule has 1 aromatic carbocycles. The Bertz CT molecular complexity index is 438. The van der Waals surface area contributed by atoms with Gasteiger partial charge in [0.05, 0.1) is 12.1 Å². The molecule has 1 rings (SSSR count). The van der Waals surface area contributed by atoms with Gasteiger partial charge in [0, 0.05) is 19.8 Å². The van der Waals surface area contributed by atoms with Crippen LogP contribution in [0.4, 0.5) is 0 Å². The number of hydrogen-bond acceptors (Lipinski definition) is 4. The zero-order chi connectivity index (χ0) is 15.5. The molecule has 0 aliphatic heterocycles. The minimum atomic E-state index is 0.394. The van der Waals surface area contributed by atoms with Gasteiger partial charge in [-0.15, -0.1) is 0 Å². The van der Waals surface area contributed by atoms with Crippen LogP contribution in [0.1, 0.15) is 18.9 Å². The molecular formula is C16H24ClNO3. The quantitative estimate of drug-likeness (QED) is 0.502. The molecule has 0 fully saturated rings. The van der Waals surface area contributed by atoms with Crippen LogP contribution in [0.5, 0.6) is 11.5 Å². The van der Waals surface area contributed by atoms with Crippen LogP contribution in [0.2, 0.25) is 5.02 Å². The second-order valence-corrected chi connectivity index (χ2v) is 4.84. The summed E-state index contributed by atoms with van der Waals surface area (Å²) in [6.07, 6.45) is 2.66. The molecule has 1 N–H and O–H groups in total. The molecule has 0 unspecified atom stereocenters. The normalized spacial score (nSPS) is 10.4. The fraction of sp³-hybridized carbons (Fsp3) is 0.500. The van der Waals surface area contributed by atoms with Crippen LogP contribution in [-0.2, 0) is 11.3 Å². The van der Waals surface area contributed by atoms with E-state index in [9.17, 15) is 0 Å². The SMILES string of the molecule is C=CCOc1c(Cl)cc(CNCCCOCC)cc1OC. The lowest BCUT2D eigenvalue weighted by Crippen LogP contribution is -2.16. The molecule has 1 aromatic rings. The maximum absolute atomic E-state index is 6.24. The number of hydrogen-bond donors (Lipinski definition) is 1. The van der Waals surface area contributed by atoms with Crippen molar-refractivity contribution in [2.75, 3.05) is 33.5 Å². The van der Waals surface area contributed by atoms with Gasteiger partial charge in [0.15, 0.2) is 11.5 Å². The smallest absolute Gasteiger partial charge is 0.180 e. The molecule has 0 aliphatic rings. The van der Waals surface area contributed by atoms with Gasteiger partial charge in [-0.1, -0.05) is 24.3 Å². The Kier molecular flexibility index (Phi) is 8.90. The minimum absolute atomic E-state index is 0.394. The Balaban J connectivity index is 2.55. The molecule has 0 spiro atoms. The molecule has 5 heteroatoms. The van der Waals surface area contributed by atoms with Crippen molar-refractivity contribution in [2.24, 2.45) is 0 Å². The molecule has 0 saturated heterocycles. The van der Waals surface area contributed by atoms with Gasteiger partial charge in [0.25, 0.3) is 0 Å². The molecule has 0 heterocycles. The Morgan fingerprint density at radius 2 is 2.19 bits per heavy atom. The molecule has 0 amide bonds. The summed E-state index contributed by atoms with van der Waals surface area (Å²) >= 11 is 6.24. The van der Waals surface area contributed by atoms with Gasteiger partial charge in [-0.2, -0.15) is 0 Å². The van der Waals surface area contributed by atoms with E-state index in [0.29, 0.717) is 23.1 Å². The van der Waals surface area contributed by atoms with Gasteiger partial charge < -0.3 is 19.5 Å². The van der Waals surface area contributed by atoms with Crippen molar-refractivity contribution in [3.05, 3.63) is 35.4 Å². The molecule has 4 nitrogen and oxygen atoms in total. The fourth-order valence-corrected chi connectivity index (χ4v) is 2.12. The standard InChI is InChI=1S/C16H24ClNO3/c1-4-8-21-16-14(17)10-13(11-15(16)19-3)12-18-7-6-9-20-5-2/h4,10-11,18H,1,5-9,12H2,2-3H3. The highest BCUT2D eigenvalue weighted by molar-refractivity contribution is 6.32. The van der Waals surface area contributed by atoms with Crippen molar-refractivity contribution in [1.29, 1.82) is 0 Å². The van der Waals surface area contributed by atoms with Crippen LogP contribution >= 0.6 is 11.6 Å². The van der Waals surface area contributed by atoms with Crippen LogP contribution < -0.4 is 14.8 Å². The predicted molar refractivity (Wildman–Crippen MR) is 86.5 cm³/mol. The fourth-order valence-electron chi connectivity index (χ4n) is 1.83. The number of halogens is 1. The Morgan fingerprint density at radius 1 is 1.38 bits per heavy atom. The minimum Gasteiger partial charge on any atom is -0.493 e. The molecule has 0 radical (unpaired) electrons.